The number of rotatable bonds is 4. The minimum Gasteiger partial charge on any atom is -0.368 e. The topological polar surface area (TPSA) is 12.5 Å². The normalized spacial score (nSPS) is 33.9. The maximum Gasteiger partial charge on any atom is 0.0963 e. The predicted octanol–water partition coefficient (Wildman–Crippen LogP) is 2.73. The molecule has 60 valence electrons. The quantitative estimate of drug-likeness (QED) is 0.510. The van der Waals surface area contributed by atoms with Crippen molar-refractivity contribution in [2.75, 3.05) is 0 Å². The molecular weight excluding hydrogens is 192 g/mol. The molecule has 0 spiro atoms. The van der Waals surface area contributed by atoms with Gasteiger partial charge in [0, 0.05) is 4.83 Å². The maximum atomic E-state index is 5.43. The van der Waals surface area contributed by atoms with Crippen molar-refractivity contribution in [1.29, 1.82) is 0 Å². The van der Waals surface area contributed by atoms with Gasteiger partial charge in [-0.05, 0) is 6.42 Å². The average molecular weight is 207 g/mol. The SMILES string of the molecule is CCCC[C@@H]1O[C@@H]1[C@@H](C)Br. The number of ether oxygens (including phenoxy) is 1. The van der Waals surface area contributed by atoms with E-state index >= 15 is 0 Å². The van der Waals surface area contributed by atoms with Crippen LogP contribution in [0, 0.1) is 0 Å². The lowest BCUT2D eigenvalue weighted by Crippen LogP contribution is -2.04. The van der Waals surface area contributed by atoms with E-state index in [1.54, 1.807) is 0 Å². The van der Waals surface area contributed by atoms with Gasteiger partial charge >= 0.3 is 0 Å². The summed E-state index contributed by atoms with van der Waals surface area (Å²) in [4.78, 5) is 0.536. The van der Waals surface area contributed by atoms with Crippen molar-refractivity contribution in [1.82, 2.24) is 0 Å². The second kappa shape index (κ2) is 3.72. The molecule has 1 nitrogen and oxygen atoms in total. The largest absolute Gasteiger partial charge is 0.368 e. The molecule has 1 aliphatic rings. The first-order chi connectivity index (χ1) is 4.75. The van der Waals surface area contributed by atoms with E-state index < -0.39 is 0 Å². The maximum absolute atomic E-state index is 5.43. The number of hydrogen-bond acceptors (Lipinski definition) is 1. The van der Waals surface area contributed by atoms with Crippen LogP contribution in [0.4, 0.5) is 0 Å². The van der Waals surface area contributed by atoms with E-state index in [4.69, 9.17) is 4.74 Å². The molecule has 1 heterocycles. The molecule has 2 heteroatoms. The van der Waals surface area contributed by atoms with Crippen molar-refractivity contribution in [2.24, 2.45) is 0 Å². The van der Waals surface area contributed by atoms with Gasteiger partial charge in [-0.15, -0.1) is 0 Å². The number of alkyl halides is 1. The first-order valence-electron chi connectivity index (χ1n) is 4.05. The number of epoxide rings is 1. The Kier molecular flexibility index (Phi) is 3.18. The Hall–Kier alpha value is 0.440. The number of halogens is 1. The first kappa shape index (κ1) is 8.54. The van der Waals surface area contributed by atoms with Crippen LogP contribution in [0.15, 0.2) is 0 Å². The van der Waals surface area contributed by atoms with Crippen LogP contribution in [-0.4, -0.2) is 17.0 Å². The van der Waals surface area contributed by atoms with E-state index in [-0.39, 0.29) is 0 Å². The predicted molar refractivity (Wildman–Crippen MR) is 46.6 cm³/mol. The second-order valence-corrected chi connectivity index (χ2v) is 4.40. The lowest BCUT2D eigenvalue weighted by molar-refractivity contribution is 0.359. The van der Waals surface area contributed by atoms with Crippen molar-refractivity contribution in [3.63, 3.8) is 0 Å². The van der Waals surface area contributed by atoms with Gasteiger partial charge in [-0.25, -0.2) is 0 Å². The zero-order valence-electron chi connectivity index (χ0n) is 6.64. The minimum absolute atomic E-state index is 0.506. The Morgan fingerprint density at radius 1 is 1.60 bits per heavy atom. The molecule has 0 aromatic carbocycles. The highest BCUT2D eigenvalue weighted by molar-refractivity contribution is 9.09. The lowest BCUT2D eigenvalue weighted by Gasteiger charge is -1.94. The molecular formula is C8H15BrO. The fourth-order valence-corrected chi connectivity index (χ4v) is 1.66. The zero-order valence-corrected chi connectivity index (χ0v) is 8.23. The Labute approximate surface area is 71.3 Å². The highest BCUT2D eigenvalue weighted by Crippen LogP contribution is 2.32. The summed E-state index contributed by atoms with van der Waals surface area (Å²) in [6.45, 7) is 4.37. The Balaban J connectivity index is 2.02. The Bertz CT molecular complexity index is 103. The van der Waals surface area contributed by atoms with Crippen molar-refractivity contribution >= 4 is 15.9 Å². The molecule has 0 aromatic rings. The average Bonchev–Trinajstić information content (AvgIpc) is 2.62. The number of hydrogen-bond donors (Lipinski definition) is 0. The second-order valence-electron chi connectivity index (χ2n) is 2.96. The monoisotopic (exact) mass is 206 g/mol. The molecule has 0 aromatic heterocycles. The molecule has 10 heavy (non-hydrogen) atoms. The van der Waals surface area contributed by atoms with Crippen LogP contribution in [-0.2, 0) is 4.74 Å². The van der Waals surface area contributed by atoms with Gasteiger partial charge in [-0.1, -0.05) is 42.6 Å². The zero-order chi connectivity index (χ0) is 7.56. The van der Waals surface area contributed by atoms with Gasteiger partial charge < -0.3 is 4.74 Å². The van der Waals surface area contributed by atoms with Crippen LogP contribution >= 0.6 is 15.9 Å². The van der Waals surface area contributed by atoms with Gasteiger partial charge in [0.1, 0.15) is 0 Å². The van der Waals surface area contributed by atoms with Crippen LogP contribution < -0.4 is 0 Å². The van der Waals surface area contributed by atoms with E-state index in [1.165, 1.54) is 19.3 Å². The third-order valence-corrected chi connectivity index (χ3v) is 2.44. The molecule has 0 amide bonds. The summed E-state index contributed by atoms with van der Waals surface area (Å²) in [5, 5.41) is 0. The summed E-state index contributed by atoms with van der Waals surface area (Å²) in [6, 6.07) is 0. The third kappa shape index (κ3) is 2.24. The van der Waals surface area contributed by atoms with Crippen LogP contribution in [0.3, 0.4) is 0 Å². The summed E-state index contributed by atoms with van der Waals surface area (Å²) in [5.74, 6) is 0. The lowest BCUT2D eigenvalue weighted by atomic mass is 10.1. The summed E-state index contributed by atoms with van der Waals surface area (Å²) < 4.78 is 5.43. The van der Waals surface area contributed by atoms with Gasteiger partial charge in [0.15, 0.2) is 0 Å². The summed E-state index contributed by atoms with van der Waals surface area (Å²) in [6.07, 6.45) is 4.90. The molecule has 0 saturated carbocycles. The minimum atomic E-state index is 0.506. The molecule has 0 bridgehead atoms. The van der Waals surface area contributed by atoms with E-state index in [0.29, 0.717) is 17.0 Å². The van der Waals surface area contributed by atoms with Crippen LogP contribution in [0.5, 0.6) is 0 Å². The van der Waals surface area contributed by atoms with Crippen LogP contribution in [0.2, 0.25) is 0 Å². The molecule has 1 aliphatic heterocycles. The fourth-order valence-electron chi connectivity index (χ4n) is 1.20. The first-order valence-corrected chi connectivity index (χ1v) is 4.96. The number of unbranched alkanes of at least 4 members (excludes halogenated alkanes) is 1. The van der Waals surface area contributed by atoms with Crippen LogP contribution in [0.1, 0.15) is 33.1 Å². The third-order valence-electron chi connectivity index (χ3n) is 1.92. The van der Waals surface area contributed by atoms with E-state index in [2.05, 4.69) is 29.8 Å². The fraction of sp³-hybridized carbons (Fsp3) is 1.00. The van der Waals surface area contributed by atoms with E-state index in [1.807, 2.05) is 0 Å². The van der Waals surface area contributed by atoms with E-state index in [9.17, 15) is 0 Å². The van der Waals surface area contributed by atoms with Crippen molar-refractivity contribution < 1.29 is 4.74 Å². The molecule has 1 saturated heterocycles. The smallest absolute Gasteiger partial charge is 0.0963 e. The highest BCUT2D eigenvalue weighted by Gasteiger charge is 2.40. The van der Waals surface area contributed by atoms with Crippen molar-refractivity contribution in [2.45, 2.75) is 50.1 Å². The van der Waals surface area contributed by atoms with E-state index in [0.717, 1.165) is 0 Å². The molecule has 1 fully saturated rings. The standard InChI is InChI=1S/C8H15BrO/c1-3-4-5-7-8(10-7)6(2)9/h6-8H,3-5H2,1-2H3/t6-,7+,8-/m1/s1. The Morgan fingerprint density at radius 3 is 2.70 bits per heavy atom. The molecule has 0 aliphatic carbocycles. The summed E-state index contributed by atoms with van der Waals surface area (Å²) in [7, 11) is 0. The van der Waals surface area contributed by atoms with Gasteiger partial charge in [-0.3, -0.25) is 0 Å². The summed E-state index contributed by atoms with van der Waals surface area (Å²) in [5.41, 5.74) is 0. The molecule has 0 unspecified atom stereocenters. The molecule has 3 atom stereocenters. The molecule has 0 radical (unpaired) electrons. The highest BCUT2D eigenvalue weighted by atomic mass is 79.9. The van der Waals surface area contributed by atoms with Crippen molar-refractivity contribution in [3.05, 3.63) is 0 Å². The van der Waals surface area contributed by atoms with Gasteiger partial charge in [0.25, 0.3) is 0 Å². The van der Waals surface area contributed by atoms with Crippen LogP contribution in [0.25, 0.3) is 0 Å². The molecule has 0 N–H and O–H groups in total. The van der Waals surface area contributed by atoms with Gasteiger partial charge in [0.05, 0.1) is 12.2 Å². The Morgan fingerprint density at radius 2 is 2.30 bits per heavy atom. The van der Waals surface area contributed by atoms with Crippen molar-refractivity contribution in [3.8, 4) is 0 Å². The molecule has 1 rings (SSSR count). The van der Waals surface area contributed by atoms with Gasteiger partial charge in [0.2, 0.25) is 0 Å². The summed E-state index contributed by atoms with van der Waals surface area (Å²) >= 11 is 3.51. The van der Waals surface area contributed by atoms with Gasteiger partial charge in [-0.2, -0.15) is 0 Å².